The van der Waals surface area contributed by atoms with Crippen LogP contribution in [0.2, 0.25) is 0 Å². The Morgan fingerprint density at radius 3 is 2.75 bits per heavy atom. The quantitative estimate of drug-likeness (QED) is 0.538. The number of hydrogen-bond acceptors (Lipinski definition) is 4. The van der Waals surface area contributed by atoms with Crippen molar-refractivity contribution in [2.45, 2.75) is 56.6 Å². The van der Waals surface area contributed by atoms with Crippen LogP contribution >= 0.6 is 0 Å². The Bertz CT molecular complexity index is 550. The third-order valence-corrected chi connectivity index (χ3v) is 4.61. The molecule has 2 aliphatic rings. The number of unbranched alkanes of at least 4 members (excludes halogenated alkanes) is 1. The van der Waals surface area contributed by atoms with E-state index in [9.17, 15) is 4.39 Å². The van der Waals surface area contributed by atoms with Crippen LogP contribution in [0.4, 0.5) is 4.39 Å². The molecule has 1 saturated heterocycles. The van der Waals surface area contributed by atoms with Crippen molar-refractivity contribution in [3.05, 3.63) is 48.0 Å². The first kappa shape index (κ1) is 17.5. The summed E-state index contributed by atoms with van der Waals surface area (Å²) < 4.78 is 37.8. The summed E-state index contributed by atoms with van der Waals surface area (Å²) in [6.07, 6.45) is 2.43. The van der Waals surface area contributed by atoms with Crippen molar-refractivity contribution in [3.8, 4) is 0 Å². The molecular weight excluding hydrogens is 311 g/mol. The van der Waals surface area contributed by atoms with E-state index in [0.717, 1.165) is 18.4 Å². The molecule has 0 radical (unpaired) electrons. The van der Waals surface area contributed by atoms with E-state index in [1.165, 1.54) is 7.11 Å². The summed E-state index contributed by atoms with van der Waals surface area (Å²) in [4.78, 5) is 0. The smallest absolute Gasteiger partial charge is 0.192 e. The zero-order chi connectivity index (χ0) is 17.0. The third-order valence-electron chi connectivity index (χ3n) is 4.61. The summed E-state index contributed by atoms with van der Waals surface area (Å²) in [6.45, 7) is 3.03. The predicted octanol–water partition coefficient (Wildman–Crippen LogP) is 3.41. The van der Waals surface area contributed by atoms with Crippen LogP contribution in [0, 0.1) is 0 Å². The van der Waals surface area contributed by atoms with E-state index in [-0.39, 0.29) is 6.10 Å². The van der Waals surface area contributed by atoms with Crippen molar-refractivity contribution in [1.82, 2.24) is 0 Å². The average Bonchev–Trinajstić information content (AvgIpc) is 3.10. The summed E-state index contributed by atoms with van der Waals surface area (Å²) in [5.74, 6) is 0. The van der Waals surface area contributed by atoms with Crippen LogP contribution in [0.1, 0.15) is 25.3 Å². The Morgan fingerprint density at radius 2 is 2.04 bits per heavy atom. The second-order valence-corrected chi connectivity index (χ2v) is 6.24. The topological polar surface area (TPSA) is 36.9 Å². The van der Waals surface area contributed by atoms with E-state index in [0.29, 0.717) is 13.2 Å². The Labute approximate surface area is 142 Å². The summed E-state index contributed by atoms with van der Waals surface area (Å²) in [7, 11) is 1.44. The van der Waals surface area contributed by atoms with Crippen LogP contribution in [0.15, 0.2) is 42.5 Å². The highest BCUT2D eigenvalue weighted by molar-refractivity contribution is 5.27. The maximum absolute atomic E-state index is 15.0. The molecule has 24 heavy (non-hydrogen) atoms. The zero-order valence-corrected chi connectivity index (χ0v) is 14.2. The normalized spacial score (nSPS) is 34.6. The Balaban J connectivity index is 1.73. The van der Waals surface area contributed by atoms with Crippen molar-refractivity contribution in [2.75, 3.05) is 13.7 Å². The maximum atomic E-state index is 15.0. The molecule has 5 atom stereocenters. The van der Waals surface area contributed by atoms with Crippen molar-refractivity contribution in [1.29, 1.82) is 0 Å². The standard InChI is InChI=1S/C19H25FO4/c1-3-4-12-22-15-10-11-19(16(20)18(21-2)24-17(15)19)23-13-14-8-6-5-7-9-14/h5-11,15-18H,3-4,12-13H2,1-2H3/t15-,16-,17?,18?,19+/m1/s1. The molecule has 1 aromatic rings. The van der Waals surface area contributed by atoms with Gasteiger partial charge in [0, 0.05) is 13.7 Å². The Morgan fingerprint density at radius 1 is 1.25 bits per heavy atom. The van der Waals surface area contributed by atoms with Crippen LogP contribution in [-0.2, 0) is 25.6 Å². The molecule has 1 fully saturated rings. The number of halogens is 1. The number of benzene rings is 1. The molecule has 132 valence electrons. The molecule has 2 unspecified atom stereocenters. The van der Waals surface area contributed by atoms with E-state index < -0.39 is 24.2 Å². The first-order chi connectivity index (χ1) is 11.7. The van der Waals surface area contributed by atoms with Crippen LogP contribution in [0.5, 0.6) is 0 Å². The molecule has 1 aliphatic heterocycles. The minimum absolute atomic E-state index is 0.309. The van der Waals surface area contributed by atoms with Gasteiger partial charge in [0.1, 0.15) is 12.2 Å². The Kier molecular flexibility index (Phi) is 5.66. The number of ether oxygens (including phenoxy) is 4. The maximum Gasteiger partial charge on any atom is 0.192 e. The molecule has 3 rings (SSSR count). The molecule has 4 nitrogen and oxygen atoms in total. The molecule has 1 aliphatic carbocycles. The molecule has 0 N–H and O–H groups in total. The lowest BCUT2D eigenvalue weighted by molar-refractivity contribution is -0.158. The largest absolute Gasteiger partial charge is 0.371 e. The van der Waals surface area contributed by atoms with E-state index in [2.05, 4.69) is 6.92 Å². The van der Waals surface area contributed by atoms with Gasteiger partial charge in [0.15, 0.2) is 18.1 Å². The average molecular weight is 336 g/mol. The van der Waals surface area contributed by atoms with Gasteiger partial charge in [-0.2, -0.15) is 0 Å². The zero-order valence-electron chi connectivity index (χ0n) is 14.2. The minimum atomic E-state index is -1.40. The van der Waals surface area contributed by atoms with Crippen molar-refractivity contribution in [3.63, 3.8) is 0 Å². The fourth-order valence-corrected chi connectivity index (χ4v) is 3.23. The molecular formula is C19H25FO4. The number of rotatable bonds is 8. The molecule has 1 heterocycles. The fraction of sp³-hybridized carbons (Fsp3) is 0.579. The minimum Gasteiger partial charge on any atom is -0.371 e. The Hall–Kier alpha value is -1.27. The van der Waals surface area contributed by atoms with E-state index in [1.54, 1.807) is 6.08 Å². The summed E-state index contributed by atoms with van der Waals surface area (Å²) >= 11 is 0. The number of fused-ring (bicyclic) bond motifs is 1. The molecule has 0 bridgehead atoms. The highest BCUT2D eigenvalue weighted by Gasteiger charge is 2.62. The van der Waals surface area contributed by atoms with E-state index in [4.69, 9.17) is 18.9 Å². The first-order valence-corrected chi connectivity index (χ1v) is 8.52. The number of methoxy groups -OCH3 is 1. The molecule has 5 heteroatoms. The molecule has 0 aromatic heterocycles. The number of hydrogen-bond donors (Lipinski definition) is 0. The van der Waals surface area contributed by atoms with Crippen LogP contribution in [0.3, 0.4) is 0 Å². The van der Waals surface area contributed by atoms with Gasteiger partial charge in [-0.3, -0.25) is 0 Å². The number of alkyl halides is 1. The summed E-state index contributed by atoms with van der Waals surface area (Å²) in [5.41, 5.74) is -0.171. The van der Waals surface area contributed by atoms with Crippen molar-refractivity contribution < 1.29 is 23.3 Å². The van der Waals surface area contributed by atoms with Gasteiger partial charge in [0.05, 0.1) is 6.61 Å². The van der Waals surface area contributed by atoms with E-state index in [1.807, 2.05) is 36.4 Å². The van der Waals surface area contributed by atoms with Gasteiger partial charge in [-0.25, -0.2) is 4.39 Å². The monoisotopic (exact) mass is 336 g/mol. The molecule has 0 saturated carbocycles. The van der Waals surface area contributed by atoms with Crippen LogP contribution in [0.25, 0.3) is 0 Å². The van der Waals surface area contributed by atoms with Crippen LogP contribution < -0.4 is 0 Å². The van der Waals surface area contributed by atoms with Gasteiger partial charge >= 0.3 is 0 Å². The van der Waals surface area contributed by atoms with Gasteiger partial charge in [0.2, 0.25) is 0 Å². The molecule has 0 amide bonds. The van der Waals surface area contributed by atoms with Crippen LogP contribution in [-0.4, -0.2) is 44.0 Å². The highest BCUT2D eigenvalue weighted by atomic mass is 19.1. The lowest BCUT2D eigenvalue weighted by Crippen LogP contribution is -2.48. The molecule has 0 spiro atoms. The van der Waals surface area contributed by atoms with Crippen molar-refractivity contribution in [2.24, 2.45) is 0 Å². The first-order valence-electron chi connectivity index (χ1n) is 8.52. The summed E-state index contributed by atoms with van der Waals surface area (Å²) in [5, 5.41) is 0. The lowest BCUT2D eigenvalue weighted by atomic mass is 9.95. The lowest BCUT2D eigenvalue weighted by Gasteiger charge is -2.30. The van der Waals surface area contributed by atoms with E-state index >= 15 is 0 Å². The predicted molar refractivity (Wildman–Crippen MR) is 88.3 cm³/mol. The molecule has 1 aromatic carbocycles. The highest BCUT2D eigenvalue weighted by Crippen LogP contribution is 2.45. The fourth-order valence-electron chi connectivity index (χ4n) is 3.23. The van der Waals surface area contributed by atoms with Crippen molar-refractivity contribution >= 4 is 0 Å². The SMILES string of the molecule is CCCCO[C@@H]1C=C[C@@]2(OCc3ccccc3)C1OC(OC)[C@H]2F. The second-order valence-electron chi connectivity index (χ2n) is 6.24. The van der Waals surface area contributed by atoms with Gasteiger partial charge in [-0.1, -0.05) is 49.8 Å². The van der Waals surface area contributed by atoms with Gasteiger partial charge in [0.25, 0.3) is 0 Å². The van der Waals surface area contributed by atoms with Gasteiger partial charge < -0.3 is 18.9 Å². The van der Waals surface area contributed by atoms with Gasteiger partial charge in [-0.05, 0) is 18.1 Å². The summed E-state index contributed by atoms with van der Waals surface area (Å²) in [6, 6.07) is 9.72. The van der Waals surface area contributed by atoms with Gasteiger partial charge in [-0.15, -0.1) is 0 Å². The second kappa shape index (κ2) is 7.74. The third kappa shape index (κ3) is 3.26.